The minimum atomic E-state index is 0.133. The number of aromatic nitrogens is 3. The van der Waals surface area contributed by atoms with E-state index >= 15 is 0 Å². The molecule has 0 aromatic carbocycles. The largest absolute Gasteiger partial charge is 0.356 e. The molecule has 1 N–H and O–H groups in total. The molecule has 5 nitrogen and oxygen atoms in total. The molecule has 0 fully saturated rings. The number of fused-ring (bicyclic) bond motifs is 1. The number of amides is 1. The van der Waals surface area contributed by atoms with Gasteiger partial charge in [0.25, 0.3) is 0 Å². The second-order valence-corrected chi connectivity index (χ2v) is 4.84. The molecule has 1 amide bonds. The van der Waals surface area contributed by atoms with Gasteiger partial charge in [0, 0.05) is 32.4 Å². The van der Waals surface area contributed by atoms with E-state index < -0.39 is 0 Å². The summed E-state index contributed by atoms with van der Waals surface area (Å²) in [5, 5.41) is 11.4. The summed E-state index contributed by atoms with van der Waals surface area (Å²) in [5.41, 5.74) is 0. The molecule has 0 unspecified atom stereocenters. The highest BCUT2D eigenvalue weighted by Gasteiger charge is 2.14. The van der Waals surface area contributed by atoms with Crippen LogP contribution in [0.2, 0.25) is 0 Å². The zero-order valence-electron chi connectivity index (χ0n) is 11.1. The average Bonchev–Trinajstić information content (AvgIpc) is 2.60. The standard InChI is InChI=1S/C13H22N4O/c1-2-6-13(18)14-9-8-12-16-15-11-7-4-3-5-10-17(11)12/h2-10H2,1H3,(H,14,18). The lowest BCUT2D eigenvalue weighted by atomic mass is 10.2. The van der Waals surface area contributed by atoms with Crippen molar-refractivity contribution < 1.29 is 4.79 Å². The van der Waals surface area contributed by atoms with Crippen LogP contribution in [0.5, 0.6) is 0 Å². The summed E-state index contributed by atoms with van der Waals surface area (Å²) in [6.45, 7) is 3.70. The first kappa shape index (κ1) is 13.1. The number of nitrogens with zero attached hydrogens (tertiary/aromatic N) is 3. The molecule has 0 spiro atoms. The molecular weight excluding hydrogens is 228 g/mol. The third-order valence-corrected chi connectivity index (χ3v) is 3.33. The molecule has 0 saturated heterocycles. The third kappa shape index (κ3) is 3.31. The first-order chi connectivity index (χ1) is 8.81. The van der Waals surface area contributed by atoms with Crippen LogP contribution in [0, 0.1) is 0 Å². The van der Waals surface area contributed by atoms with Crippen molar-refractivity contribution in [2.45, 2.75) is 58.4 Å². The Kier molecular flexibility index (Phi) is 4.73. The predicted octanol–water partition coefficient (Wildman–Crippen LogP) is 1.46. The molecule has 1 aromatic heterocycles. The molecule has 1 aliphatic rings. The first-order valence-electron chi connectivity index (χ1n) is 6.99. The Balaban J connectivity index is 1.86. The van der Waals surface area contributed by atoms with Crippen LogP contribution in [0.1, 0.15) is 50.7 Å². The van der Waals surface area contributed by atoms with Crippen LogP contribution in [-0.4, -0.2) is 27.2 Å². The van der Waals surface area contributed by atoms with Crippen molar-refractivity contribution in [3.05, 3.63) is 11.6 Å². The topological polar surface area (TPSA) is 59.8 Å². The Bertz CT molecular complexity index is 400. The molecule has 0 atom stereocenters. The summed E-state index contributed by atoms with van der Waals surface area (Å²) in [6, 6.07) is 0. The van der Waals surface area contributed by atoms with Crippen molar-refractivity contribution in [1.82, 2.24) is 20.1 Å². The molecule has 1 aliphatic heterocycles. The van der Waals surface area contributed by atoms with E-state index in [9.17, 15) is 4.79 Å². The fourth-order valence-electron chi connectivity index (χ4n) is 2.36. The van der Waals surface area contributed by atoms with Gasteiger partial charge in [0.2, 0.25) is 5.91 Å². The minimum absolute atomic E-state index is 0.133. The van der Waals surface area contributed by atoms with Gasteiger partial charge in [0.1, 0.15) is 11.6 Å². The zero-order chi connectivity index (χ0) is 12.8. The molecule has 1 aromatic rings. The highest BCUT2D eigenvalue weighted by atomic mass is 16.1. The van der Waals surface area contributed by atoms with Gasteiger partial charge < -0.3 is 9.88 Å². The zero-order valence-corrected chi connectivity index (χ0v) is 11.1. The van der Waals surface area contributed by atoms with Crippen LogP contribution in [0.4, 0.5) is 0 Å². The summed E-state index contributed by atoms with van der Waals surface area (Å²) in [5.74, 6) is 2.26. The van der Waals surface area contributed by atoms with Crippen molar-refractivity contribution in [2.24, 2.45) is 0 Å². The van der Waals surface area contributed by atoms with Gasteiger partial charge in [-0.15, -0.1) is 10.2 Å². The molecule has 18 heavy (non-hydrogen) atoms. The maximum atomic E-state index is 11.4. The van der Waals surface area contributed by atoms with E-state index in [-0.39, 0.29) is 5.91 Å². The molecule has 100 valence electrons. The number of carbonyl (C=O) groups excluding carboxylic acids is 1. The molecule has 0 bridgehead atoms. The number of nitrogens with one attached hydrogen (secondary N) is 1. The number of rotatable bonds is 5. The molecule has 2 rings (SSSR count). The Labute approximate surface area is 108 Å². The van der Waals surface area contributed by atoms with E-state index in [1.54, 1.807) is 0 Å². The summed E-state index contributed by atoms with van der Waals surface area (Å²) in [7, 11) is 0. The van der Waals surface area contributed by atoms with Crippen molar-refractivity contribution in [2.75, 3.05) is 6.54 Å². The van der Waals surface area contributed by atoms with E-state index in [0.717, 1.165) is 37.5 Å². The van der Waals surface area contributed by atoms with Crippen LogP contribution >= 0.6 is 0 Å². The molecule has 0 aliphatic carbocycles. The van der Waals surface area contributed by atoms with E-state index in [1.807, 2.05) is 6.92 Å². The van der Waals surface area contributed by atoms with Crippen LogP contribution in [0.3, 0.4) is 0 Å². The Morgan fingerprint density at radius 1 is 1.33 bits per heavy atom. The molecule has 5 heteroatoms. The monoisotopic (exact) mass is 250 g/mol. The van der Waals surface area contributed by atoms with Crippen LogP contribution in [0.25, 0.3) is 0 Å². The minimum Gasteiger partial charge on any atom is -0.356 e. The van der Waals surface area contributed by atoms with Crippen molar-refractivity contribution in [1.29, 1.82) is 0 Å². The number of aryl methyl sites for hydroxylation is 1. The van der Waals surface area contributed by atoms with Gasteiger partial charge in [0.05, 0.1) is 0 Å². The van der Waals surface area contributed by atoms with Crippen LogP contribution in [0.15, 0.2) is 0 Å². The van der Waals surface area contributed by atoms with Gasteiger partial charge in [-0.05, 0) is 19.3 Å². The second-order valence-electron chi connectivity index (χ2n) is 4.84. The molecular formula is C13H22N4O. The fraction of sp³-hybridized carbons (Fsp3) is 0.769. The van der Waals surface area contributed by atoms with Gasteiger partial charge in [-0.1, -0.05) is 13.3 Å². The third-order valence-electron chi connectivity index (χ3n) is 3.33. The molecule has 0 saturated carbocycles. The summed E-state index contributed by atoms with van der Waals surface area (Å²) in [6.07, 6.45) is 7.02. The van der Waals surface area contributed by atoms with E-state index in [4.69, 9.17) is 0 Å². The lowest BCUT2D eigenvalue weighted by molar-refractivity contribution is -0.121. The van der Waals surface area contributed by atoms with Gasteiger partial charge >= 0.3 is 0 Å². The van der Waals surface area contributed by atoms with Crippen molar-refractivity contribution in [3.63, 3.8) is 0 Å². The van der Waals surface area contributed by atoms with Crippen molar-refractivity contribution >= 4 is 5.91 Å². The van der Waals surface area contributed by atoms with Gasteiger partial charge in [-0.25, -0.2) is 0 Å². The van der Waals surface area contributed by atoms with Crippen LogP contribution < -0.4 is 5.32 Å². The Morgan fingerprint density at radius 3 is 3.06 bits per heavy atom. The lowest BCUT2D eigenvalue weighted by Gasteiger charge is -2.07. The van der Waals surface area contributed by atoms with Gasteiger partial charge in [0.15, 0.2) is 0 Å². The maximum absolute atomic E-state index is 11.4. The van der Waals surface area contributed by atoms with Crippen molar-refractivity contribution in [3.8, 4) is 0 Å². The normalized spacial score (nSPS) is 14.9. The SMILES string of the molecule is CCCC(=O)NCCc1nnc2n1CCCCC2. The summed E-state index contributed by atoms with van der Waals surface area (Å²) in [4.78, 5) is 11.4. The van der Waals surface area contributed by atoms with Gasteiger partial charge in [-0.3, -0.25) is 4.79 Å². The Hall–Kier alpha value is -1.39. The Morgan fingerprint density at radius 2 is 2.22 bits per heavy atom. The highest BCUT2D eigenvalue weighted by Crippen LogP contribution is 2.14. The first-order valence-corrected chi connectivity index (χ1v) is 6.99. The number of hydrogen-bond acceptors (Lipinski definition) is 3. The molecule has 0 radical (unpaired) electrons. The number of carbonyl (C=O) groups is 1. The van der Waals surface area contributed by atoms with Crippen LogP contribution in [-0.2, 0) is 24.2 Å². The maximum Gasteiger partial charge on any atom is 0.219 e. The predicted molar refractivity (Wildman–Crippen MR) is 69.2 cm³/mol. The summed E-state index contributed by atoms with van der Waals surface area (Å²) < 4.78 is 2.24. The summed E-state index contributed by atoms with van der Waals surface area (Å²) >= 11 is 0. The fourth-order valence-corrected chi connectivity index (χ4v) is 2.36. The average molecular weight is 250 g/mol. The van der Waals surface area contributed by atoms with E-state index in [0.29, 0.717) is 13.0 Å². The number of hydrogen-bond donors (Lipinski definition) is 1. The lowest BCUT2D eigenvalue weighted by Crippen LogP contribution is -2.26. The molecule has 2 heterocycles. The highest BCUT2D eigenvalue weighted by molar-refractivity contribution is 5.75. The quantitative estimate of drug-likeness (QED) is 0.860. The van der Waals surface area contributed by atoms with E-state index in [2.05, 4.69) is 20.1 Å². The van der Waals surface area contributed by atoms with Gasteiger partial charge in [-0.2, -0.15) is 0 Å². The second kappa shape index (κ2) is 6.52. The smallest absolute Gasteiger partial charge is 0.219 e. The van der Waals surface area contributed by atoms with E-state index in [1.165, 1.54) is 19.3 Å².